The lowest BCUT2D eigenvalue weighted by molar-refractivity contribution is 0.161. The lowest BCUT2D eigenvalue weighted by Crippen LogP contribution is -2.16. The van der Waals surface area contributed by atoms with Crippen LogP contribution in [0.25, 0.3) is 0 Å². The van der Waals surface area contributed by atoms with E-state index in [9.17, 15) is 5.11 Å². The van der Waals surface area contributed by atoms with Gasteiger partial charge in [0.1, 0.15) is 0 Å². The predicted octanol–water partition coefficient (Wildman–Crippen LogP) is 3.94. The Morgan fingerprint density at radius 3 is 2.62 bits per heavy atom. The zero-order valence-electron chi connectivity index (χ0n) is 11.1. The Bertz CT molecular complexity index is 263. The fourth-order valence-corrected chi connectivity index (χ4v) is 2.10. The predicted molar refractivity (Wildman–Crippen MR) is 70.2 cm³/mol. The highest BCUT2D eigenvalue weighted by atomic mass is 16.3. The topological polar surface area (TPSA) is 20.2 Å². The number of allylic oxidation sites excluding steroid dienone is 3. The lowest BCUT2D eigenvalue weighted by atomic mass is 9.88. The second-order valence-corrected chi connectivity index (χ2v) is 5.54. The molecular formula is C15H26O. The van der Waals surface area contributed by atoms with Crippen LogP contribution >= 0.6 is 0 Å². The highest BCUT2D eigenvalue weighted by molar-refractivity contribution is 5.10. The molecule has 0 aliphatic heterocycles. The van der Waals surface area contributed by atoms with E-state index < -0.39 is 0 Å². The molecule has 0 amide bonds. The molecule has 1 aliphatic carbocycles. The monoisotopic (exact) mass is 222 g/mol. The summed E-state index contributed by atoms with van der Waals surface area (Å²) >= 11 is 0. The van der Waals surface area contributed by atoms with Gasteiger partial charge in [-0.1, -0.05) is 51.5 Å². The van der Waals surface area contributed by atoms with Crippen molar-refractivity contribution in [3.8, 4) is 0 Å². The van der Waals surface area contributed by atoms with Crippen LogP contribution in [0.2, 0.25) is 0 Å². The van der Waals surface area contributed by atoms with Gasteiger partial charge < -0.3 is 5.11 Å². The second-order valence-electron chi connectivity index (χ2n) is 5.54. The Labute approximate surface area is 100 Å². The Kier molecular flexibility index (Phi) is 5.27. The molecule has 1 unspecified atom stereocenters. The maximum absolute atomic E-state index is 10.1. The van der Waals surface area contributed by atoms with Crippen LogP contribution in [0.5, 0.6) is 0 Å². The SMILES string of the molecule is CC(C)/C1=C\C(O)[C@@H](C)C/C=C/[C@H](C)CC1. The summed E-state index contributed by atoms with van der Waals surface area (Å²) in [5.74, 6) is 1.54. The maximum Gasteiger partial charge on any atom is 0.0752 e. The Morgan fingerprint density at radius 2 is 2.00 bits per heavy atom. The van der Waals surface area contributed by atoms with E-state index in [-0.39, 0.29) is 6.10 Å². The van der Waals surface area contributed by atoms with Crippen LogP contribution in [0.1, 0.15) is 47.0 Å². The molecule has 0 saturated heterocycles. The van der Waals surface area contributed by atoms with Crippen molar-refractivity contribution in [1.29, 1.82) is 0 Å². The molecule has 1 aliphatic rings. The quantitative estimate of drug-likeness (QED) is 0.666. The summed E-state index contributed by atoms with van der Waals surface area (Å²) in [4.78, 5) is 0. The molecule has 0 aromatic carbocycles. The molecule has 0 aromatic heterocycles. The fraction of sp³-hybridized carbons (Fsp3) is 0.733. The molecule has 1 N–H and O–H groups in total. The molecule has 0 bridgehead atoms. The summed E-state index contributed by atoms with van der Waals surface area (Å²) < 4.78 is 0. The van der Waals surface area contributed by atoms with Crippen LogP contribution in [0, 0.1) is 17.8 Å². The van der Waals surface area contributed by atoms with Gasteiger partial charge in [-0.3, -0.25) is 0 Å². The minimum Gasteiger partial charge on any atom is -0.389 e. The first kappa shape index (κ1) is 13.5. The standard InChI is InChI=1S/C15H26O/c1-11(2)14-9-8-12(3)6-5-7-13(4)15(16)10-14/h5-6,10-13,15-16H,7-9H2,1-4H3/b6-5+,14-10-/t12-,13-,15?/m0/s1. The van der Waals surface area contributed by atoms with E-state index in [1.54, 1.807) is 0 Å². The molecule has 0 aromatic rings. The smallest absolute Gasteiger partial charge is 0.0752 e. The molecule has 0 saturated carbocycles. The van der Waals surface area contributed by atoms with Crippen molar-refractivity contribution in [2.45, 2.75) is 53.1 Å². The third-order valence-corrected chi connectivity index (χ3v) is 3.57. The summed E-state index contributed by atoms with van der Waals surface area (Å²) in [5, 5.41) is 10.1. The summed E-state index contributed by atoms with van der Waals surface area (Å²) in [7, 11) is 0. The molecule has 0 fully saturated rings. The first-order chi connectivity index (χ1) is 7.50. The van der Waals surface area contributed by atoms with Crippen molar-refractivity contribution >= 4 is 0 Å². The van der Waals surface area contributed by atoms with Gasteiger partial charge >= 0.3 is 0 Å². The summed E-state index contributed by atoms with van der Waals surface area (Å²) in [6, 6.07) is 0. The number of rotatable bonds is 1. The molecule has 1 rings (SSSR count). The van der Waals surface area contributed by atoms with Crippen LogP contribution in [0.3, 0.4) is 0 Å². The van der Waals surface area contributed by atoms with Crippen molar-refractivity contribution in [3.05, 3.63) is 23.8 Å². The van der Waals surface area contributed by atoms with Crippen molar-refractivity contribution in [3.63, 3.8) is 0 Å². The summed E-state index contributed by atoms with van der Waals surface area (Å²) in [6.07, 6.45) is 9.64. The van der Waals surface area contributed by atoms with E-state index in [2.05, 4.69) is 45.9 Å². The third kappa shape index (κ3) is 4.13. The second kappa shape index (κ2) is 6.24. The highest BCUT2D eigenvalue weighted by Gasteiger charge is 2.15. The molecule has 1 nitrogen and oxygen atoms in total. The molecule has 0 heterocycles. The molecule has 3 atom stereocenters. The zero-order valence-corrected chi connectivity index (χ0v) is 11.1. The number of aliphatic hydroxyl groups is 1. The van der Waals surface area contributed by atoms with E-state index in [0.29, 0.717) is 17.8 Å². The van der Waals surface area contributed by atoms with Crippen molar-refractivity contribution < 1.29 is 5.11 Å². The molecular weight excluding hydrogens is 196 g/mol. The zero-order chi connectivity index (χ0) is 12.1. The first-order valence-corrected chi connectivity index (χ1v) is 6.56. The van der Waals surface area contributed by atoms with Gasteiger partial charge in [0.15, 0.2) is 0 Å². The minimum atomic E-state index is -0.282. The van der Waals surface area contributed by atoms with Gasteiger partial charge in [-0.2, -0.15) is 0 Å². The Balaban J connectivity index is 2.80. The van der Waals surface area contributed by atoms with Crippen molar-refractivity contribution in [1.82, 2.24) is 0 Å². The van der Waals surface area contributed by atoms with Gasteiger partial charge in [-0.05, 0) is 37.0 Å². The van der Waals surface area contributed by atoms with E-state index in [4.69, 9.17) is 0 Å². The fourth-order valence-electron chi connectivity index (χ4n) is 2.10. The van der Waals surface area contributed by atoms with Gasteiger partial charge in [0.2, 0.25) is 0 Å². The van der Waals surface area contributed by atoms with Crippen LogP contribution in [0.4, 0.5) is 0 Å². The van der Waals surface area contributed by atoms with E-state index >= 15 is 0 Å². The first-order valence-electron chi connectivity index (χ1n) is 6.56. The van der Waals surface area contributed by atoms with Crippen LogP contribution in [-0.4, -0.2) is 11.2 Å². The summed E-state index contributed by atoms with van der Waals surface area (Å²) in [6.45, 7) is 8.83. The number of hydrogen-bond donors (Lipinski definition) is 1. The number of aliphatic hydroxyl groups excluding tert-OH is 1. The van der Waals surface area contributed by atoms with Crippen LogP contribution in [0.15, 0.2) is 23.8 Å². The highest BCUT2D eigenvalue weighted by Crippen LogP contribution is 2.24. The molecule has 0 spiro atoms. The maximum atomic E-state index is 10.1. The molecule has 16 heavy (non-hydrogen) atoms. The normalized spacial score (nSPS) is 37.9. The van der Waals surface area contributed by atoms with E-state index in [0.717, 1.165) is 12.8 Å². The van der Waals surface area contributed by atoms with Gasteiger partial charge in [-0.25, -0.2) is 0 Å². The number of hydrogen-bond acceptors (Lipinski definition) is 1. The molecule has 0 radical (unpaired) electrons. The largest absolute Gasteiger partial charge is 0.389 e. The molecule has 92 valence electrons. The van der Waals surface area contributed by atoms with Gasteiger partial charge in [0.25, 0.3) is 0 Å². The minimum absolute atomic E-state index is 0.282. The van der Waals surface area contributed by atoms with Crippen molar-refractivity contribution in [2.75, 3.05) is 0 Å². The van der Waals surface area contributed by atoms with Crippen molar-refractivity contribution in [2.24, 2.45) is 17.8 Å². The van der Waals surface area contributed by atoms with Crippen LogP contribution in [-0.2, 0) is 0 Å². The summed E-state index contributed by atoms with van der Waals surface area (Å²) in [5.41, 5.74) is 1.42. The van der Waals surface area contributed by atoms with Gasteiger partial charge in [-0.15, -0.1) is 0 Å². The van der Waals surface area contributed by atoms with Gasteiger partial charge in [0, 0.05) is 0 Å². The van der Waals surface area contributed by atoms with E-state index in [1.807, 2.05) is 0 Å². The van der Waals surface area contributed by atoms with Gasteiger partial charge in [0.05, 0.1) is 6.10 Å². The van der Waals surface area contributed by atoms with E-state index in [1.165, 1.54) is 12.0 Å². The van der Waals surface area contributed by atoms with Crippen LogP contribution < -0.4 is 0 Å². The Hall–Kier alpha value is -0.560. The lowest BCUT2D eigenvalue weighted by Gasteiger charge is -2.20. The Morgan fingerprint density at radius 1 is 1.31 bits per heavy atom. The average molecular weight is 222 g/mol. The average Bonchev–Trinajstić information content (AvgIpc) is 2.22. The molecule has 1 heteroatoms. The third-order valence-electron chi connectivity index (χ3n) is 3.57.